The summed E-state index contributed by atoms with van der Waals surface area (Å²) >= 11 is 1.24. The van der Waals surface area contributed by atoms with Crippen molar-refractivity contribution in [1.82, 2.24) is 0 Å². The zero-order chi connectivity index (χ0) is 19.7. The Balaban J connectivity index is 1.85. The molecule has 1 amide bonds. The number of rotatable bonds is 5. The van der Waals surface area contributed by atoms with E-state index in [0.29, 0.717) is 17.9 Å². The third-order valence-corrected chi connectivity index (χ3v) is 6.05. The fourth-order valence-electron chi connectivity index (χ4n) is 3.55. The van der Waals surface area contributed by atoms with Crippen molar-refractivity contribution < 1.29 is 19.4 Å². The second-order valence-corrected chi connectivity index (χ2v) is 7.58. The number of fused-ring (bicyclic) bond motifs is 1. The predicted molar refractivity (Wildman–Crippen MR) is 109 cm³/mol. The van der Waals surface area contributed by atoms with E-state index in [9.17, 15) is 14.7 Å². The summed E-state index contributed by atoms with van der Waals surface area (Å²) in [5.41, 5.74) is 2.95. The lowest BCUT2D eigenvalue weighted by molar-refractivity contribution is -0.116. The maximum Gasteiger partial charge on any atom is 0.346 e. The molecule has 142 valence electrons. The molecule has 2 heterocycles. The van der Waals surface area contributed by atoms with Gasteiger partial charge >= 0.3 is 5.97 Å². The Labute approximate surface area is 166 Å². The number of carbonyl (C=O) groups is 2. The van der Waals surface area contributed by atoms with E-state index in [-0.39, 0.29) is 23.1 Å². The molecule has 1 aliphatic rings. The summed E-state index contributed by atoms with van der Waals surface area (Å²) in [5, 5.41) is 12.7. The van der Waals surface area contributed by atoms with Crippen LogP contribution in [0.5, 0.6) is 5.75 Å². The third kappa shape index (κ3) is 3.27. The number of amides is 1. The van der Waals surface area contributed by atoms with Crippen LogP contribution < -0.4 is 10.1 Å². The Kier molecular flexibility index (Phi) is 4.88. The fourth-order valence-corrected chi connectivity index (χ4v) is 4.80. The molecule has 0 saturated carbocycles. The smallest absolute Gasteiger partial charge is 0.346 e. The number of ether oxygens (including phenoxy) is 1. The van der Waals surface area contributed by atoms with Crippen molar-refractivity contribution in [1.29, 1.82) is 0 Å². The average Bonchev–Trinajstić information content (AvgIpc) is 3.08. The summed E-state index contributed by atoms with van der Waals surface area (Å²) in [6.45, 7) is 2.51. The minimum absolute atomic E-state index is 0.113. The van der Waals surface area contributed by atoms with Crippen LogP contribution in [0, 0.1) is 0 Å². The molecular weight excluding hydrogens is 374 g/mol. The Bertz CT molecular complexity index is 1020. The second-order valence-electron chi connectivity index (χ2n) is 6.52. The lowest BCUT2D eigenvalue weighted by Crippen LogP contribution is -2.22. The van der Waals surface area contributed by atoms with E-state index in [1.54, 1.807) is 0 Å². The lowest BCUT2D eigenvalue weighted by atomic mass is 9.88. The zero-order valence-corrected chi connectivity index (χ0v) is 16.1. The highest BCUT2D eigenvalue weighted by Crippen LogP contribution is 2.49. The van der Waals surface area contributed by atoms with Crippen LogP contribution in [0.1, 0.15) is 39.4 Å². The van der Waals surface area contributed by atoms with E-state index in [2.05, 4.69) is 5.32 Å². The largest absolute Gasteiger partial charge is 0.494 e. The van der Waals surface area contributed by atoms with Crippen molar-refractivity contribution in [2.75, 3.05) is 11.9 Å². The van der Waals surface area contributed by atoms with Gasteiger partial charge in [0.15, 0.2) is 0 Å². The van der Waals surface area contributed by atoms with E-state index >= 15 is 0 Å². The van der Waals surface area contributed by atoms with Crippen LogP contribution in [0.3, 0.4) is 0 Å². The van der Waals surface area contributed by atoms with Gasteiger partial charge in [0.25, 0.3) is 0 Å². The van der Waals surface area contributed by atoms with Gasteiger partial charge in [-0.25, -0.2) is 4.79 Å². The molecule has 1 aliphatic heterocycles. The molecule has 5 nitrogen and oxygen atoms in total. The third-order valence-electron chi connectivity index (χ3n) is 4.76. The first-order chi connectivity index (χ1) is 13.6. The number of thiophene rings is 1. The summed E-state index contributed by atoms with van der Waals surface area (Å²) < 4.78 is 5.50. The maximum atomic E-state index is 12.5. The van der Waals surface area contributed by atoms with Crippen LogP contribution in [-0.4, -0.2) is 23.6 Å². The van der Waals surface area contributed by atoms with Gasteiger partial charge in [-0.1, -0.05) is 42.5 Å². The molecule has 1 atom stereocenters. The van der Waals surface area contributed by atoms with E-state index in [1.807, 2.05) is 61.5 Å². The molecule has 0 aliphatic carbocycles. The minimum atomic E-state index is -0.988. The SMILES string of the molecule is CCOc1ccc([C@@H]2CC(=O)Nc3c2sc(C(=O)O)c3-c2ccccc2)cc1. The quantitative estimate of drug-likeness (QED) is 0.641. The fraction of sp³-hybridized carbons (Fsp3) is 0.182. The van der Waals surface area contributed by atoms with Crippen molar-refractivity contribution in [3.05, 3.63) is 69.9 Å². The van der Waals surface area contributed by atoms with Gasteiger partial charge in [-0.2, -0.15) is 0 Å². The van der Waals surface area contributed by atoms with Crippen LogP contribution in [0.15, 0.2) is 54.6 Å². The average molecular weight is 393 g/mol. The Morgan fingerprint density at radius 3 is 2.54 bits per heavy atom. The summed E-state index contributed by atoms with van der Waals surface area (Å²) in [4.78, 5) is 25.5. The summed E-state index contributed by atoms with van der Waals surface area (Å²) in [5.74, 6) is -0.509. The summed E-state index contributed by atoms with van der Waals surface area (Å²) in [6.07, 6.45) is 0.286. The second kappa shape index (κ2) is 7.48. The highest BCUT2D eigenvalue weighted by Gasteiger charge is 2.34. The molecule has 0 bridgehead atoms. The van der Waals surface area contributed by atoms with Gasteiger partial charge in [0.2, 0.25) is 5.91 Å². The first-order valence-corrected chi connectivity index (χ1v) is 9.88. The van der Waals surface area contributed by atoms with Crippen LogP contribution in [0.2, 0.25) is 0 Å². The maximum absolute atomic E-state index is 12.5. The molecule has 3 aromatic rings. The Morgan fingerprint density at radius 1 is 1.18 bits per heavy atom. The molecular formula is C22H19NO4S. The van der Waals surface area contributed by atoms with Gasteiger partial charge in [0.1, 0.15) is 10.6 Å². The van der Waals surface area contributed by atoms with Crippen molar-refractivity contribution in [3.63, 3.8) is 0 Å². The van der Waals surface area contributed by atoms with Crippen molar-refractivity contribution in [2.45, 2.75) is 19.3 Å². The molecule has 2 aromatic carbocycles. The number of nitrogens with one attached hydrogen (secondary N) is 1. The van der Waals surface area contributed by atoms with Crippen molar-refractivity contribution >= 4 is 28.9 Å². The number of hydrogen-bond donors (Lipinski definition) is 2. The zero-order valence-electron chi connectivity index (χ0n) is 15.3. The minimum Gasteiger partial charge on any atom is -0.494 e. The number of anilines is 1. The van der Waals surface area contributed by atoms with Gasteiger partial charge in [-0.3, -0.25) is 4.79 Å². The van der Waals surface area contributed by atoms with Crippen molar-refractivity contribution in [3.8, 4) is 16.9 Å². The number of carbonyl (C=O) groups excluding carboxylic acids is 1. The highest BCUT2D eigenvalue weighted by molar-refractivity contribution is 7.15. The standard InChI is InChI=1S/C22H19NO4S/c1-2-27-15-10-8-13(9-11-15)16-12-17(24)23-19-18(14-6-4-3-5-7-14)21(22(25)26)28-20(16)19/h3-11,16H,2,12H2,1H3,(H,23,24)(H,25,26)/t16-/m0/s1. The monoisotopic (exact) mass is 393 g/mol. The Morgan fingerprint density at radius 2 is 1.89 bits per heavy atom. The summed E-state index contributed by atoms with van der Waals surface area (Å²) in [7, 11) is 0. The number of hydrogen-bond acceptors (Lipinski definition) is 4. The van der Waals surface area contributed by atoms with Gasteiger partial charge in [0.05, 0.1) is 12.3 Å². The molecule has 0 radical (unpaired) electrons. The number of carboxylic acid groups (broad SMARTS) is 1. The molecule has 0 saturated heterocycles. The van der Waals surface area contributed by atoms with Gasteiger partial charge in [0, 0.05) is 22.8 Å². The molecule has 0 fully saturated rings. The Hall–Kier alpha value is -3.12. The predicted octanol–water partition coefficient (Wildman–Crippen LogP) is 4.99. The number of benzene rings is 2. The molecule has 0 unspecified atom stereocenters. The molecule has 1 aromatic heterocycles. The first kappa shape index (κ1) is 18.3. The number of aromatic carboxylic acids is 1. The van der Waals surface area contributed by atoms with Crippen LogP contribution in [0.25, 0.3) is 11.1 Å². The van der Waals surface area contributed by atoms with Gasteiger partial charge in [-0.15, -0.1) is 11.3 Å². The van der Waals surface area contributed by atoms with Crippen molar-refractivity contribution in [2.24, 2.45) is 0 Å². The van der Waals surface area contributed by atoms with Gasteiger partial charge < -0.3 is 15.2 Å². The topological polar surface area (TPSA) is 75.6 Å². The van der Waals surface area contributed by atoms with Gasteiger partial charge in [-0.05, 0) is 30.2 Å². The molecule has 28 heavy (non-hydrogen) atoms. The van der Waals surface area contributed by atoms with Crippen LogP contribution >= 0.6 is 11.3 Å². The highest BCUT2D eigenvalue weighted by atomic mass is 32.1. The van der Waals surface area contributed by atoms with E-state index in [0.717, 1.165) is 21.8 Å². The molecule has 2 N–H and O–H groups in total. The molecule has 4 rings (SSSR count). The lowest BCUT2D eigenvalue weighted by Gasteiger charge is -2.24. The summed E-state index contributed by atoms with van der Waals surface area (Å²) in [6, 6.07) is 17.0. The van der Waals surface area contributed by atoms with E-state index in [1.165, 1.54) is 11.3 Å². The first-order valence-electron chi connectivity index (χ1n) is 9.06. The van der Waals surface area contributed by atoms with E-state index in [4.69, 9.17) is 4.74 Å². The molecule has 0 spiro atoms. The van der Waals surface area contributed by atoms with Crippen LogP contribution in [-0.2, 0) is 4.79 Å². The molecule has 6 heteroatoms. The van der Waals surface area contributed by atoms with Crippen LogP contribution in [0.4, 0.5) is 5.69 Å². The number of carboxylic acids is 1. The van der Waals surface area contributed by atoms with E-state index < -0.39 is 5.97 Å². The normalized spacial score (nSPS) is 15.6.